The summed E-state index contributed by atoms with van der Waals surface area (Å²) in [5.74, 6) is 0.844. The molecule has 3 aromatic rings. The largest absolute Gasteiger partial charge is 0.340 e. The van der Waals surface area contributed by atoms with Gasteiger partial charge in [-0.15, -0.1) is 0 Å². The molecule has 2 aromatic carbocycles. The molecule has 1 atom stereocenters. The first-order chi connectivity index (χ1) is 14.3. The third kappa shape index (κ3) is 4.80. The van der Waals surface area contributed by atoms with Gasteiger partial charge in [0, 0.05) is 37.7 Å². The van der Waals surface area contributed by atoms with Gasteiger partial charge in [0.15, 0.2) is 0 Å². The monoisotopic (exact) mass is 386 g/mol. The number of carbonyl (C=O) groups excluding carboxylic acids is 1. The van der Waals surface area contributed by atoms with Gasteiger partial charge in [0.2, 0.25) is 11.9 Å². The van der Waals surface area contributed by atoms with Crippen LogP contribution in [0.15, 0.2) is 79.1 Å². The SMILES string of the molecule is O=C(C1CCCN(c2ncccn2)C1)N(CCc1ccccc1)c1ccccc1. The first-order valence-corrected chi connectivity index (χ1v) is 10.2. The third-order valence-electron chi connectivity index (χ3n) is 5.41. The summed E-state index contributed by atoms with van der Waals surface area (Å²) in [6, 6.07) is 22.2. The number of hydrogen-bond acceptors (Lipinski definition) is 4. The van der Waals surface area contributed by atoms with E-state index in [9.17, 15) is 4.79 Å². The van der Waals surface area contributed by atoms with Crippen LogP contribution in [0.2, 0.25) is 0 Å². The molecule has 0 saturated carbocycles. The maximum atomic E-state index is 13.6. The third-order valence-corrected chi connectivity index (χ3v) is 5.41. The number of benzene rings is 2. The normalized spacial score (nSPS) is 16.4. The van der Waals surface area contributed by atoms with Crippen LogP contribution in [0.25, 0.3) is 0 Å². The Morgan fingerprint density at radius 2 is 1.66 bits per heavy atom. The van der Waals surface area contributed by atoms with Crippen LogP contribution in [-0.2, 0) is 11.2 Å². The van der Waals surface area contributed by atoms with Crippen molar-refractivity contribution < 1.29 is 4.79 Å². The van der Waals surface area contributed by atoms with Crippen LogP contribution < -0.4 is 9.80 Å². The fourth-order valence-corrected chi connectivity index (χ4v) is 3.90. The number of carbonyl (C=O) groups is 1. The lowest BCUT2D eigenvalue weighted by molar-refractivity contribution is -0.122. The number of piperidine rings is 1. The van der Waals surface area contributed by atoms with E-state index < -0.39 is 0 Å². The van der Waals surface area contributed by atoms with Gasteiger partial charge in [-0.05, 0) is 43.0 Å². The zero-order valence-electron chi connectivity index (χ0n) is 16.5. The average molecular weight is 386 g/mol. The number of aromatic nitrogens is 2. The molecular formula is C24H26N4O. The Labute approximate surface area is 172 Å². The standard InChI is InChI=1S/C24H26N4O/c29-23(21-11-7-17-27(19-21)24-25-15-8-16-26-24)28(22-12-5-2-6-13-22)18-14-20-9-3-1-4-10-20/h1-6,8-10,12-13,15-16,21H,7,11,14,17-19H2. The lowest BCUT2D eigenvalue weighted by atomic mass is 9.96. The van der Waals surface area contributed by atoms with Crippen molar-refractivity contribution in [3.8, 4) is 0 Å². The van der Waals surface area contributed by atoms with Crippen molar-refractivity contribution in [2.24, 2.45) is 5.92 Å². The summed E-state index contributed by atoms with van der Waals surface area (Å²) in [6.45, 7) is 2.23. The first kappa shape index (κ1) is 19.1. The second-order valence-electron chi connectivity index (χ2n) is 7.39. The quantitative estimate of drug-likeness (QED) is 0.643. The molecule has 0 spiro atoms. The van der Waals surface area contributed by atoms with Crippen LogP contribution >= 0.6 is 0 Å². The van der Waals surface area contributed by atoms with Crippen molar-refractivity contribution in [3.63, 3.8) is 0 Å². The summed E-state index contributed by atoms with van der Waals surface area (Å²) >= 11 is 0. The van der Waals surface area contributed by atoms with E-state index in [2.05, 4.69) is 27.0 Å². The fraction of sp³-hybridized carbons (Fsp3) is 0.292. The van der Waals surface area contributed by atoms with E-state index in [4.69, 9.17) is 0 Å². The molecule has 148 valence electrons. The summed E-state index contributed by atoms with van der Waals surface area (Å²) in [5, 5.41) is 0. The summed E-state index contributed by atoms with van der Waals surface area (Å²) in [7, 11) is 0. The minimum atomic E-state index is -0.0523. The summed E-state index contributed by atoms with van der Waals surface area (Å²) in [4.78, 5) is 26.4. The van der Waals surface area contributed by atoms with Gasteiger partial charge in [-0.2, -0.15) is 0 Å². The molecule has 1 unspecified atom stereocenters. The molecule has 5 nitrogen and oxygen atoms in total. The van der Waals surface area contributed by atoms with E-state index in [1.165, 1.54) is 5.56 Å². The van der Waals surface area contributed by atoms with Gasteiger partial charge in [0.1, 0.15) is 0 Å². The van der Waals surface area contributed by atoms with Crippen LogP contribution in [0, 0.1) is 5.92 Å². The van der Waals surface area contributed by atoms with E-state index in [0.29, 0.717) is 19.0 Å². The van der Waals surface area contributed by atoms with Crippen molar-refractivity contribution in [3.05, 3.63) is 84.7 Å². The maximum absolute atomic E-state index is 13.6. The predicted octanol–water partition coefficient (Wildman–Crippen LogP) is 3.97. The lowest BCUT2D eigenvalue weighted by Crippen LogP contribution is -2.46. The summed E-state index contributed by atoms with van der Waals surface area (Å²) in [6.07, 6.45) is 6.21. The zero-order chi connectivity index (χ0) is 19.9. The molecule has 5 heteroatoms. The van der Waals surface area contributed by atoms with Crippen LogP contribution in [0.1, 0.15) is 18.4 Å². The highest BCUT2D eigenvalue weighted by molar-refractivity contribution is 5.95. The highest BCUT2D eigenvalue weighted by Crippen LogP contribution is 2.25. The van der Waals surface area contributed by atoms with E-state index in [-0.39, 0.29) is 11.8 Å². The molecule has 4 rings (SSSR count). The number of anilines is 2. The number of rotatable bonds is 6. The Hall–Kier alpha value is -3.21. The van der Waals surface area contributed by atoms with Gasteiger partial charge < -0.3 is 9.80 Å². The molecule has 1 fully saturated rings. The second kappa shape index (κ2) is 9.32. The van der Waals surface area contributed by atoms with Crippen molar-refractivity contribution in [1.82, 2.24) is 9.97 Å². The van der Waals surface area contributed by atoms with Gasteiger partial charge in [-0.25, -0.2) is 9.97 Å². The summed E-state index contributed by atoms with van der Waals surface area (Å²) in [5.41, 5.74) is 2.20. The van der Waals surface area contributed by atoms with Crippen LogP contribution in [0.5, 0.6) is 0 Å². The second-order valence-corrected chi connectivity index (χ2v) is 7.39. The highest BCUT2D eigenvalue weighted by atomic mass is 16.2. The molecule has 0 N–H and O–H groups in total. The van der Waals surface area contributed by atoms with E-state index in [0.717, 1.165) is 31.5 Å². The molecule has 0 aliphatic carbocycles. The zero-order valence-corrected chi connectivity index (χ0v) is 16.5. The fourth-order valence-electron chi connectivity index (χ4n) is 3.90. The minimum Gasteiger partial charge on any atom is -0.340 e. The molecule has 1 amide bonds. The number of para-hydroxylation sites is 1. The number of amides is 1. The van der Waals surface area contributed by atoms with Crippen LogP contribution in [0.4, 0.5) is 11.6 Å². The number of nitrogens with zero attached hydrogens (tertiary/aromatic N) is 4. The molecule has 1 saturated heterocycles. The van der Waals surface area contributed by atoms with Gasteiger partial charge in [-0.3, -0.25) is 4.79 Å². The minimum absolute atomic E-state index is 0.0523. The predicted molar refractivity (Wildman–Crippen MR) is 116 cm³/mol. The van der Waals surface area contributed by atoms with Gasteiger partial charge >= 0.3 is 0 Å². The Kier molecular flexibility index (Phi) is 6.15. The Balaban J connectivity index is 1.51. The maximum Gasteiger partial charge on any atom is 0.231 e. The van der Waals surface area contributed by atoms with Crippen molar-refractivity contribution >= 4 is 17.5 Å². The smallest absolute Gasteiger partial charge is 0.231 e. The molecule has 1 aliphatic rings. The highest BCUT2D eigenvalue weighted by Gasteiger charge is 2.30. The number of hydrogen-bond donors (Lipinski definition) is 0. The van der Waals surface area contributed by atoms with E-state index >= 15 is 0 Å². The molecule has 0 radical (unpaired) electrons. The van der Waals surface area contributed by atoms with Crippen LogP contribution in [0.3, 0.4) is 0 Å². The van der Waals surface area contributed by atoms with Crippen LogP contribution in [-0.4, -0.2) is 35.5 Å². The van der Waals surface area contributed by atoms with Crippen molar-refractivity contribution in [2.45, 2.75) is 19.3 Å². The molecule has 1 aliphatic heterocycles. The van der Waals surface area contributed by atoms with Gasteiger partial charge in [0.05, 0.1) is 5.92 Å². The van der Waals surface area contributed by atoms with E-state index in [1.807, 2.05) is 59.5 Å². The Morgan fingerprint density at radius 3 is 2.38 bits per heavy atom. The Morgan fingerprint density at radius 1 is 0.966 bits per heavy atom. The topological polar surface area (TPSA) is 49.3 Å². The van der Waals surface area contributed by atoms with Crippen molar-refractivity contribution in [2.75, 3.05) is 29.4 Å². The van der Waals surface area contributed by atoms with E-state index in [1.54, 1.807) is 12.4 Å². The Bertz CT molecular complexity index is 902. The molecular weight excluding hydrogens is 360 g/mol. The van der Waals surface area contributed by atoms with Gasteiger partial charge in [-0.1, -0.05) is 48.5 Å². The van der Waals surface area contributed by atoms with Gasteiger partial charge in [0.25, 0.3) is 0 Å². The molecule has 29 heavy (non-hydrogen) atoms. The van der Waals surface area contributed by atoms with Crippen molar-refractivity contribution in [1.29, 1.82) is 0 Å². The first-order valence-electron chi connectivity index (χ1n) is 10.2. The molecule has 2 heterocycles. The molecule has 1 aromatic heterocycles. The molecule has 0 bridgehead atoms. The average Bonchev–Trinajstić information content (AvgIpc) is 2.81. The summed E-state index contributed by atoms with van der Waals surface area (Å²) < 4.78 is 0. The lowest BCUT2D eigenvalue weighted by Gasteiger charge is -2.35.